The molecule has 1 saturated carbocycles. The third kappa shape index (κ3) is 3.56. The van der Waals surface area contributed by atoms with Crippen LogP contribution in [0, 0.1) is 25.2 Å². The Balaban J connectivity index is 1.82. The molecule has 0 amide bonds. The van der Waals surface area contributed by atoms with Crippen LogP contribution in [-0.4, -0.2) is 20.8 Å². The van der Waals surface area contributed by atoms with Gasteiger partial charge in [-0.3, -0.25) is 9.36 Å². The Kier molecular flexibility index (Phi) is 5.21. The normalized spacial score (nSPS) is 19.2. The quantitative estimate of drug-likeness (QED) is 0.738. The molecule has 0 unspecified atom stereocenters. The molecule has 5 heteroatoms. The van der Waals surface area contributed by atoms with Crippen LogP contribution in [0.2, 0.25) is 0 Å². The first-order chi connectivity index (χ1) is 14.0. The SMILES string of the molecule is Cc1c(Cc2cccc(C#N)c2)cc2c(=O)n([C@H]3CCCC[C@@H]3O)cnc2c1C. The number of nitriles is 1. The van der Waals surface area contributed by atoms with Crippen molar-refractivity contribution in [3.63, 3.8) is 0 Å². The summed E-state index contributed by atoms with van der Waals surface area (Å²) in [7, 11) is 0. The van der Waals surface area contributed by atoms with E-state index in [9.17, 15) is 9.90 Å². The van der Waals surface area contributed by atoms with Crippen molar-refractivity contribution in [3.8, 4) is 6.07 Å². The number of rotatable bonds is 3. The summed E-state index contributed by atoms with van der Waals surface area (Å²) in [5, 5.41) is 20.2. The van der Waals surface area contributed by atoms with Crippen molar-refractivity contribution >= 4 is 10.9 Å². The molecule has 0 aliphatic heterocycles. The summed E-state index contributed by atoms with van der Waals surface area (Å²) in [5.74, 6) is 0. The first-order valence-electron chi connectivity index (χ1n) is 10.2. The fraction of sp³-hybridized carbons (Fsp3) is 0.375. The molecule has 1 aliphatic rings. The molecular weight excluding hydrogens is 362 g/mol. The molecule has 1 fully saturated rings. The van der Waals surface area contributed by atoms with Crippen LogP contribution in [0.4, 0.5) is 0 Å². The van der Waals surface area contributed by atoms with E-state index >= 15 is 0 Å². The van der Waals surface area contributed by atoms with E-state index in [-0.39, 0.29) is 11.6 Å². The molecule has 1 N–H and O–H groups in total. The first-order valence-corrected chi connectivity index (χ1v) is 10.2. The van der Waals surface area contributed by atoms with Crippen molar-refractivity contribution in [2.75, 3.05) is 0 Å². The molecule has 0 spiro atoms. The zero-order valence-corrected chi connectivity index (χ0v) is 16.9. The number of fused-ring (bicyclic) bond motifs is 1. The maximum atomic E-state index is 13.3. The highest BCUT2D eigenvalue weighted by Crippen LogP contribution is 2.29. The van der Waals surface area contributed by atoms with Gasteiger partial charge in [-0.15, -0.1) is 0 Å². The van der Waals surface area contributed by atoms with E-state index in [1.807, 2.05) is 31.2 Å². The van der Waals surface area contributed by atoms with Gasteiger partial charge < -0.3 is 5.11 Å². The van der Waals surface area contributed by atoms with E-state index in [0.717, 1.165) is 53.5 Å². The molecule has 0 saturated heterocycles. The Morgan fingerprint density at radius 2 is 2.00 bits per heavy atom. The van der Waals surface area contributed by atoms with Gasteiger partial charge in [-0.25, -0.2) is 4.98 Å². The van der Waals surface area contributed by atoms with E-state index in [2.05, 4.69) is 18.0 Å². The highest BCUT2D eigenvalue weighted by molar-refractivity contribution is 5.83. The molecule has 2 aromatic carbocycles. The number of aromatic nitrogens is 2. The smallest absolute Gasteiger partial charge is 0.261 e. The van der Waals surface area contributed by atoms with Gasteiger partial charge in [0.05, 0.1) is 41.0 Å². The van der Waals surface area contributed by atoms with Gasteiger partial charge in [0.2, 0.25) is 0 Å². The average molecular weight is 387 g/mol. The van der Waals surface area contributed by atoms with Crippen molar-refractivity contribution in [2.24, 2.45) is 0 Å². The van der Waals surface area contributed by atoms with Crippen LogP contribution in [0.15, 0.2) is 41.5 Å². The molecule has 3 aromatic rings. The zero-order valence-electron chi connectivity index (χ0n) is 16.9. The fourth-order valence-corrected chi connectivity index (χ4v) is 4.42. The molecule has 1 aromatic heterocycles. The van der Waals surface area contributed by atoms with Crippen molar-refractivity contribution in [1.82, 2.24) is 9.55 Å². The molecule has 0 bridgehead atoms. The Bertz CT molecular complexity index is 1170. The molecular formula is C24H25N3O2. The number of aliphatic hydroxyl groups is 1. The van der Waals surface area contributed by atoms with Crippen molar-refractivity contribution < 1.29 is 5.11 Å². The van der Waals surface area contributed by atoms with Crippen LogP contribution in [0.3, 0.4) is 0 Å². The van der Waals surface area contributed by atoms with Gasteiger partial charge in [-0.2, -0.15) is 5.26 Å². The molecule has 1 aliphatic carbocycles. The number of aryl methyl sites for hydroxylation is 1. The third-order valence-electron chi connectivity index (χ3n) is 6.25. The van der Waals surface area contributed by atoms with E-state index in [1.54, 1.807) is 17.0 Å². The summed E-state index contributed by atoms with van der Waals surface area (Å²) in [6.07, 6.45) is 5.29. The molecule has 4 rings (SSSR count). The Hall–Kier alpha value is -2.97. The van der Waals surface area contributed by atoms with Crippen LogP contribution in [0.1, 0.15) is 59.5 Å². The second-order valence-corrected chi connectivity index (χ2v) is 8.05. The Morgan fingerprint density at radius 1 is 1.21 bits per heavy atom. The van der Waals surface area contributed by atoms with E-state index in [1.165, 1.54) is 0 Å². The monoisotopic (exact) mass is 387 g/mol. The number of nitrogens with zero attached hydrogens (tertiary/aromatic N) is 3. The highest BCUT2D eigenvalue weighted by Gasteiger charge is 2.26. The molecule has 1 heterocycles. The summed E-state index contributed by atoms with van der Waals surface area (Å²) >= 11 is 0. The summed E-state index contributed by atoms with van der Waals surface area (Å²) in [6, 6.07) is 11.5. The Labute approximate surface area is 170 Å². The third-order valence-corrected chi connectivity index (χ3v) is 6.25. The average Bonchev–Trinajstić information content (AvgIpc) is 2.73. The summed E-state index contributed by atoms with van der Waals surface area (Å²) in [4.78, 5) is 17.9. The second-order valence-electron chi connectivity index (χ2n) is 8.05. The lowest BCUT2D eigenvalue weighted by atomic mass is 9.92. The van der Waals surface area contributed by atoms with Gasteiger partial charge in [0.1, 0.15) is 0 Å². The minimum Gasteiger partial charge on any atom is -0.391 e. The van der Waals surface area contributed by atoms with Crippen LogP contribution < -0.4 is 5.56 Å². The van der Waals surface area contributed by atoms with Crippen LogP contribution in [0.25, 0.3) is 10.9 Å². The maximum Gasteiger partial charge on any atom is 0.261 e. The van der Waals surface area contributed by atoms with E-state index < -0.39 is 6.10 Å². The zero-order chi connectivity index (χ0) is 20.5. The van der Waals surface area contributed by atoms with Crippen molar-refractivity contribution in [2.45, 2.75) is 58.1 Å². The number of aliphatic hydroxyl groups excluding tert-OH is 1. The van der Waals surface area contributed by atoms with Crippen molar-refractivity contribution in [1.29, 1.82) is 5.26 Å². The predicted molar refractivity (Wildman–Crippen MR) is 113 cm³/mol. The number of hydrogen-bond donors (Lipinski definition) is 1. The minimum atomic E-state index is -0.500. The lowest BCUT2D eigenvalue weighted by Gasteiger charge is -2.29. The van der Waals surface area contributed by atoms with Crippen LogP contribution in [-0.2, 0) is 6.42 Å². The number of benzene rings is 2. The lowest BCUT2D eigenvalue weighted by Crippen LogP contribution is -2.34. The van der Waals surface area contributed by atoms with E-state index in [0.29, 0.717) is 17.4 Å². The number of hydrogen-bond acceptors (Lipinski definition) is 4. The Morgan fingerprint density at radius 3 is 2.76 bits per heavy atom. The minimum absolute atomic E-state index is 0.0870. The standard InChI is InChI=1S/C24H25N3O2/c1-15-16(2)23-20(12-19(15)11-17-6-5-7-18(10-17)13-25)24(29)27(14-26-23)21-8-3-4-9-22(21)28/h5-7,10,12,14,21-22,28H,3-4,8-9,11H2,1-2H3/t21-,22-/m0/s1. The van der Waals surface area contributed by atoms with Gasteiger partial charge in [-0.05, 0) is 73.6 Å². The summed E-state index contributed by atoms with van der Waals surface area (Å²) in [5.41, 5.74) is 5.49. The van der Waals surface area contributed by atoms with Crippen LogP contribution in [0.5, 0.6) is 0 Å². The second kappa shape index (κ2) is 7.81. The van der Waals surface area contributed by atoms with Crippen molar-refractivity contribution in [3.05, 3.63) is 74.8 Å². The van der Waals surface area contributed by atoms with Gasteiger partial charge in [0, 0.05) is 0 Å². The predicted octanol–water partition coefficient (Wildman–Crippen LogP) is 3.95. The topological polar surface area (TPSA) is 78.9 Å². The summed E-state index contributed by atoms with van der Waals surface area (Å²) in [6.45, 7) is 4.05. The molecule has 2 atom stereocenters. The molecule has 29 heavy (non-hydrogen) atoms. The van der Waals surface area contributed by atoms with E-state index in [4.69, 9.17) is 5.26 Å². The first kappa shape index (κ1) is 19.4. The van der Waals surface area contributed by atoms with Gasteiger partial charge in [0.15, 0.2) is 0 Å². The molecule has 5 nitrogen and oxygen atoms in total. The molecule has 0 radical (unpaired) electrons. The highest BCUT2D eigenvalue weighted by atomic mass is 16.3. The largest absolute Gasteiger partial charge is 0.391 e. The maximum absolute atomic E-state index is 13.3. The lowest BCUT2D eigenvalue weighted by molar-refractivity contribution is 0.0735. The summed E-state index contributed by atoms with van der Waals surface area (Å²) < 4.78 is 1.63. The van der Waals surface area contributed by atoms with Crippen LogP contribution >= 0.6 is 0 Å². The molecule has 148 valence electrons. The van der Waals surface area contributed by atoms with Gasteiger partial charge in [0.25, 0.3) is 5.56 Å². The fourth-order valence-electron chi connectivity index (χ4n) is 4.42. The van der Waals surface area contributed by atoms with Gasteiger partial charge >= 0.3 is 0 Å². The van der Waals surface area contributed by atoms with Gasteiger partial charge in [-0.1, -0.05) is 25.0 Å².